The molecule has 2 fully saturated rings. The quantitative estimate of drug-likeness (QED) is 0.910. The average Bonchev–Trinajstić information content (AvgIpc) is 3.11. The zero-order valence-corrected chi connectivity index (χ0v) is 11.5. The van der Waals surface area contributed by atoms with Gasteiger partial charge in [-0.1, -0.05) is 60.7 Å². The highest BCUT2D eigenvalue weighted by Gasteiger charge is 2.55. The maximum absolute atomic E-state index is 13.1. The van der Waals surface area contributed by atoms with Crippen molar-refractivity contribution in [1.29, 1.82) is 0 Å². The van der Waals surface area contributed by atoms with E-state index in [1.54, 1.807) is 4.90 Å². The highest BCUT2D eigenvalue weighted by Crippen LogP contribution is 2.38. The first-order valence-electron chi connectivity index (χ1n) is 7.14. The average molecular weight is 280 g/mol. The first kappa shape index (κ1) is 12.6. The molecule has 0 radical (unpaired) electrons. The van der Waals surface area contributed by atoms with Crippen LogP contribution in [0.2, 0.25) is 0 Å². The van der Waals surface area contributed by atoms with Crippen molar-refractivity contribution in [2.24, 2.45) is 0 Å². The Labute approximate surface area is 123 Å². The molecular formula is C17H16N2O2. The minimum Gasteiger partial charge on any atom is -0.343 e. The highest BCUT2D eigenvalue weighted by atomic mass is 16.5. The zero-order valence-electron chi connectivity index (χ0n) is 11.5. The van der Waals surface area contributed by atoms with Crippen LogP contribution >= 0.6 is 0 Å². The van der Waals surface area contributed by atoms with Crippen LogP contribution in [0.3, 0.4) is 0 Å². The molecule has 1 amide bonds. The van der Waals surface area contributed by atoms with Gasteiger partial charge in [0.2, 0.25) is 0 Å². The van der Waals surface area contributed by atoms with E-state index in [-0.39, 0.29) is 12.3 Å². The molecule has 1 N–H and O–H groups in total. The number of nitrogens with zero attached hydrogens (tertiary/aromatic N) is 1. The molecule has 0 bridgehead atoms. The van der Waals surface area contributed by atoms with Gasteiger partial charge < -0.3 is 4.74 Å². The lowest BCUT2D eigenvalue weighted by Crippen LogP contribution is -2.46. The number of rotatable bonds is 2. The topological polar surface area (TPSA) is 41.6 Å². The molecule has 2 aliphatic heterocycles. The van der Waals surface area contributed by atoms with Crippen molar-refractivity contribution in [3.05, 3.63) is 71.8 Å². The second-order valence-corrected chi connectivity index (χ2v) is 5.35. The van der Waals surface area contributed by atoms with Gasteiger partial charge in [0.05, 0.1) is 6.61 Å². The summed E-state index contributed by atoms with van der Waals surface area (Å²) in [4.78, 5) is 14.9. The number of ether oxygens (including phenoxy) is 1. The summed E-state index contributed by atoms with van der Waals surface area (Å²) in [7, 11) is 0. The summed E-state index contributed by atoms with van der Waals surface area (Å²) in [6.45, 7) is 1.22. The second-order valence-electron chi connectivity index (χ2n) is 5.35. The van der Waals surface area contributed by atoms with E-state index in [0.29, 0.717) is 13.2 Å². The van der Waals surface area contributed by atoms with E-state index in [2.05, 4.69) is 5.32 Å². The van der Waals surface area contributed by atoms with E-state index in [1.165, 1.54) is 0 Å². The molecule has 2 aromatic carbocycles. The minimum absolute atomic E-state index is 0.0578. The maximum Gasteiger partial charge on any atom is 0.255 e. The Morgan fingerprint density at radius 3 is 2.10 bits per heavy atom. The fourth-order valence-electron chi connectivity index (χ4n) is 3.22. The molecule has 2 saturated heterocycles. The van der Waals surface area contributed by atoms with Gasteiger partial charge in [-0.15, -0.1) is 0 Å². The molecule has 2 heterocycles. The lowest BCUT2D eigenvalue weighted by atomic mass is 9.82. The van der Waals surface area contributed by atoms with E-state index in [1.807, 2.05) is 60.7 Å². The Morgan fingerprint density at radius 2 is 1.57 bits per heavy atom. The molecule has 2 aromatic rings. The van der Waals surface area contributed by atoms with Crippen molar-refractivity contribution in [2.45, 2.75) is 11.9 Å². The third-order valence-electron chi connectivity index (χ3n) is 4.23. The molecule has 0 aliphatic carbocycles. The van der Waals surface area contributed by atoms with Gasteiger partial charge >= 0.3 is 0 Å². The number of fused-ring (bicyclic) bond motifs is 1. The molecule has 4 nitrogen and oxygen atoms in total. The van der Waals surface area contributed by atoms with Crippen LogP contribution < -0.4 is 5.32 Å². The SMILES string of the molecule is O=C1N2CCOC2NC1(c1ccccc1)c1ccccc1. The molecule has 2 aliphatic rings. The summed E-state index contributed by atoms with van der Waals surface area (Å²) in [5, 5.41) is 3.40. The molecule has 106 valence electrons. The van der Waals surface area contributed by atoms with E-state index < -0.39 is 5.54 Å². The van der Waals surface area contributed by atoms with Gasteiger partial charge in [0, 0.05) is 6.54 Å². The number of hydrogen-bond donors (Lipinski definition) is 1. The van der Waals surface area contributed by atoms with Crippen LogP contribution in [-0.2, 0) is 15.1 Å². The summed E-state index contributed by atoms with van der Waals surface area (Å²) in [6, 6.07) is 19.7. The van der Waals surface area contributed by atoms with Gasteiger partial charge in [-0.2, -0.15) is 0 Å². The largest absolute Gasteiger partial charge is 0.343 e. The summed E-state index contributed by atoms with van der Waals surface area (Å²) in [6.07, 6.45) is -0.335. The van der Waals surface area contributed by atoms with Gasteiger partial charge in [0.15, 0.2) is 11.9 Å². The first-order chi connectivity index (χ1) is 10.3. The normalized spacial score (nSPS) is 23.3. The molecule has 0 spiro atoms. The van der Waals surface area contributed by atoms with Crippen molar-refractivity contribution >= 4 is 5.91 Å². The van der Waals surface area contributed by atoms with Crippen LogP contribution in [0.15, 0.2) is 60.7 Å². The number of benzene rings is 2. The van der Waals surface area contributed by atoms with Crippen LogP contribution in [0.5, 0.6) is 0 Å². The van der Waals surface area contributed by atoms with Gasteiger partial charge in [-0.25, -0.2) is 0 Å². The molecule has 1 unspecified atom stereocenters. The Bertz CT molecular complexity index is 618. The molecule has 0 saturated carbocycles. The Balaban J connectivity index is 1.91. The Morgan fingerprint density at radius 1 is 1.00 bits per heavy atom. The maximum atomic E-state index is 13.1. The van der Waals surface area contributed by atoms with Crippen molar-refractivity contribution in [1.82, 2.24) is 10.2 Å². The minimum atomic E-state index is -0.854. The van der Waals surface area contributed by atoms with Gasteiger partial charge in [0.25, 0.3) is 5.91 Å². The summed E-state index contributed by atoms with van der Waals surface area (Å²) in [5.74, 6) is 0.0578. The van der Waals surface area contributed by atoms with Crippen molar-refractivity contribution in [3.8, 4) is 0 Å². The third-order valence-corrected chi connectivity index (χ3v) is 4.23. The van der Waals surface area contributed by atoms with Crippen molar-refractivity contribution in [2.75, 3.05) is 13.2 Å². The molecule has 1 atom stereocenters. The lowest BCUT2D eigenvalue weighted by molar-refractivity contribution is -0.132. The number of hydrogen-bond acceptors (Lipinski definition) is 3. The van der Waals surface area contributed by atoms with Gasteiger partial charge in [-0.05, 0) is 11.1 Å². The predicted molar refractivity (Wildman–Crippen MR) is 78.3 cm³/mol. The Hall–Kier alpha value is -2.17. The van der Waals surface area contributed by atoms with E-state index >= 15 is 0 Å². The number of amides is 1. The van der Waals surface area contributed by atoms with E-state index in [9.17, 15) is 4.79 Å². The summed E-state index contributed by atoms with van der Waals surface area (Å²) < 4.78 is 5.64. The lowest BCUT2D eigenvalue weighted by Gasteiger charge is -2.29. The monoisotopic (exact) mass is 280 g/mol. The van der Waals surface area contributed by atoms with Gasteiger partial charge in [-0.3, -0.25) is 15.0 Å². The number of carbonyl (C=O) groups is 1. The Kier molecular flexibility index (Phi) is 2.80. The zero-order chi connectivity index (χ0) is 14.3. The fraction of sp³-hybridized carbons (Fsp3) is 0.235. The molecule has 4 rings (SSSR count). The van der Waals surface area contributed by atoms with E-state index in [4.69, 9.17) is 4.74 Å². The number of carbonyl (C=O) groups excluding carboxylic acids is 1. The first-order valence-corrected chi connectivity index (χ1v) is 7.14. The van der Waals surface area contributed by atoms with Gasteiger partial charge in [0.1, 0.15) is 0 Å². The smallest absolute Gasteiger partial charge is 0.255 e. The molecule has 0 aromatic heterocycles. The summed E-state index contributed by atoms with van der Waals surface area (Å²) in [5.41, 5.74) is 1.03. The molecule has 4 heteroatoms. The van der Waals surface area contributed by atoms with Crippen LogP contribution in [0.4, 0.5) is 0 Å². The summed E-state index contributed by atoms with van der Waals surface area (Å²) >= 11 is 0. The fourth-order valence-corrected chi connectivity index (χ4v) is 3.22. The van der Waals surface area contributed by atoms with E-state index in [0.717, 1.165) is 11.1 Å². The third kappa shape index (κ3) is 1.73. The number of nitrogens with one attached hydrogen (secondary N) is 1. The standard InChI is InChI=1S/C17H16N2O2/c20-15-17(13-7-3-1-4-8-13,14-9-5-2-6-10-14)18-16-19(15)11-12-21-16/h1-10,16,18H,11-12H2. The van der Waals surface area contributed by atoms with Crippen LogP contribution in [0.1, 0.15) is 11.1 Å². The van der Waals surface area contributed by atoms with Crippen LogP contribution in [0.25, 0.3) is 0 Å². The highest BCUT2D eigenvalue weighted by molar-refractivity contribution is 5.94. The molecular weight excluding hydrogens is 264 g/mol. The second kappa shape index (κ2) is 4.69. The van der Waals surface area contributed by atoms with Crippen LogP contribution in [-0.4, -0.2) is 30.3 Å². The van der Waals surface area contributed by atoms with Crippen LogP contribution in [0, 0.1) is 0 Å². The molecule has 21 heavy (non-hydrogen) atoms. The predicted octanol–water partition coefficient (Wildman–Crippen LogP) is 1.68. The van der Waals surface area contributed by atoms with Crippen molar-refractivity contribution in [3.63, 3.8) is 0 Å². The van der Waals surface area contributed by atoms with Crippen molar-refractivity contribution < 1.29 is 9.53 Å².